The van der Waals surface area contributed by atoms with Crippen LogP contribution < -0.4 is 0 Å². The van der Waals surface area contributed by atoms with Gasteiger partial charge in [0.1, 0.15) is 0 Å². The molecule has 1 aromatic rings. The van der Waals surface area contributed by atoms with Crippen molar-refractivity contribution in [3.63, 3.8) is 0 Å². The molecule has 2 heteroatoms. The van der Waals surface area contributed by atoms with Gasteiger partial charge in [-0.3, -0.25) is 4.79 Å². The Bertz CT molecular complexity index is 339. The fourth-order valence-corrected chi connectivity index (χ4v) is 2.35. The second-order valence-electron chi connectivity index (χ2n) is 4.74. The number of benzene rings is 1. The summed E-state index contributed by atoms with van der Waals surface area (Å²) in [6.07, 6.45) is 5.20. The summed E-state index contributed by atoms with van der Waals surface area (Å²) in [6, 6.07) is 9.59. The highest BCUT2D eigenvalue weighted by atomic mass is 16.5. The van der Waals surface area contributed by atoms with Crippen LogP contribution in [0.2, 0.25) is 0 Å². The summed E-state index contributed by atoms with van der Waals surface area (Å²) >= 11 is 0. The lowest BCUT2D eigenvalue weighted by Crippen LogP contribution is -2.15. The van der Waals surface area contributed by atoms with Crippen molar-refractivity contribution in [3.8, 4) is 0 Å². The second kappa shape index (κ2) is 6.55. The molecule has 0 aliphatic carbocycles. The molecule has 0 spiro atoms. The average molecular weight is 232 g/mol. The minimum atomic E-state index is 0.276. The van der Waals surface area contributed by atoms with E-state index in [9.17, 15) is 4.79 Å². The molecule has 0 bridgehead atoms. The molecule has 2 nitrogen and oxygen atoms in total. The minimum Gasteiger partial charge on any atom is -0.381 e. The molecule has 0 amide bonds. The number of carbonyl (C=O) groups is 1. The van der Waals surface area contributed by atoms with Crippen molar-refractivity contribution in [2.75, 3.05) is 13.2 Å². The fraction of sp³-hybridized carbons (Fsp3) is 0.533. The van der Waals surface area contributed by atoms with Crippen molar-refractivity contribution >= 4 is 5.78 Å². The van der Waals surface area contributed by atoms with E-state index in [2.05, 4.69) is 0 Å². The van der Waals surface area contributed by atoms with Gasteiger partial charge in [0.25, 0.3) is 0 Å². The van der Waals surface area contributed by atoms with Crippen LogP contribution in [-0.4, -0.2) is 19.0 Å². The van der Waals surface area contributed by atoms with Crippen molar-refractivity contribution in [1.82, 2.24) is 0 Å². The summed E-state index contributed by atoms with van der Waals surface area (Å²) in [7, 11) is 0. The third-order valence-corrected chi connectivity index (χ3v) is 3.45. The van der Waals surface area contributed by atoms with Crippen LogP contribution in [0.25, 0.3) is 0 Å². The van der Waals surface area contributed by atoms with E-state index in [0.717, 1.165) is 31.1 Å². The van der Waals surface area contributed by atoms with Crippen molar-refractivity contribution in [2.24, 2.45) is 5.92 Å². The van der Waals surface area contributed by atoms with E-state index >= 15 is 0 Å². The van der Waals surface area contributed by atoms with Gasteiger partial charge in [0.05, 0.1) is 0 Å². The first-order valence-corrected chi connectivity index (χ1v) is 6.52. The smallest absolute Gasteiger partial charge is 0.162 e. The van der Waals surface area contributed by atoms with Crippen LogP contribution in [0.5, 0.6) is 0 Å². The maximum Gasteiger partial charge on any atom is 0.162 e. The maximum absolute atomic E-state index is 11.9. The Morgan fingerprint density at radius 1 is 1.18 bits per heavy atom. The van der Waals surface area contributed by atoms with Gasteiger partial charge in [0.15, 0.2) is 5.78 Å². The van der Waals surface area contributed by atoms with Crippen LogP contribution in [0, 0.1) is 5.92 Å². The standard InChI is InChI=1S/C15H20O2/c16-15(14-6-2-1-3-7-14)8-4-5-13-9-11-17-12-10-13/h1-3,6-7,13H,4-5,8-12H2. The van der Waals surface area contributed by atoms with Crippen LogP contribution >= 0.6 is 0 Å². The van der Waals surface area contributed by atoms with Gasteiger partial charge in [-0.15, -0.1) is 0 Å². The maximum atomic E-state index is 11.9. The highest BCUT2D eigenvalue weighted by molar-refractivity contribution is 5.95. The molecule has 0 unspecified atom stereocenters. The monoisotopic (exact) mass is 232 g/mol. The zero-order valence-electron chi connectivity index (χ0n) is 10.2. The van der Waals surface area contributed by atoms with Gasteiger partial charge >= 0.3 is 0 Å². The Hall–Kier alpha value is -1.15. The SMILES string of the molecule is O=C(CCCC1CCOCC1)c1ccccc1. The van der Waals surface area contributed by atoms with E-state index in [0.29, 0.717) is 6.42 Å². The number of hydrogen-bond donors (Lipinski definition) is 0. The van der Waals surface area contributed by atoms with Crippen LogP contribution in [0.1, 0.15) is 42.5 Å². The Labute approximate surface area is 103 Å². The molecule has 1 saturated heterocycles. The van der Waals surface area contributed by atoms with Gasteiger partial charge < -0.3 is 4.74 Å². The summed E-state index contributed by atoms with van der Waals surface area (Å²) in [5.74, 6) is 1.05. The Kier molecular flexibility index (Phi) is 4.75. The van der Waals surface area contributed by atoms with Gasteiger partial charge in [-0.1, -0.05) is 30.3 Å². The number of rotatable bonds is 5. The van der Waals surface area contributed by atoms with Crippen molar-refractivity contribution in [3.05, 3.63) is 35.9 Å². The predicted molar refractivity (Wildman–Crippen MR) is 68.2 cm³/mol. The lowest BCUT2D eigenvalue weighted by Gasteiger charge is -2.21. The Morgan fingerprint density at radius 2 is 1.88 bits per heavy atom. The first-order chi connectivity index (χ1) is 8.36. The largest absolute Gasteiger partial charge is 0.381 e. The van der Waals surface area contributed by atoms with E-state index in [1.165, 1.54) is 19.3 Å². The van der Waals surface area contributed by atoms with Gasteiger partial charge in [-0.2, -0.15) is 0 Å². The molecule has 1 aliphatic heterocycles. The highest BCUT2D eigenvalue weighted by Gasteiger charge is 2.14. The minimum absolute atomic E-state index is 0.276. The van der Waals surface area contributed by atoms with E-state index in [1.807, 2.05) is 30.3 Å². The first kappa shape index (κ1) is 12.3. The van der Waals surface area contributed by atoms with Crippen molar-refractivity contribution < 1.29 is 9.53 Å². The van der Waals surface area contributed by atoms with Gasteiger partial charge in [-0.25, -0.2) is 0 Å². The quantitative estimate of drug-likeness (QED) is 0.727. The average Bonchev–Trinajstić information content (AvgIpc) is 2.41. The number of ketones is 1. The number of hydrogen-bond acceptors (Lipinski definition) is 2. The van der Waals surface area contributed by atoms with Crippen LogP contribution in [0.3, 0.4) is 0 Å². The van der Waals surface area contributed by atoms with Crippen LogP contribution in [-0.2, 0) is 4.74 Å². The van der Waals surface area contributed by atoms with E-state index < -0.39 is 0 Å². The Balaban J connectivity index is 1.69. The van der Waals surface area contributed by atoms with Crippen LogP contribution in [0.15, 0.2) is 30.3 Å². The third kappa shape index (κ3) is 3.97. The number of ether oxygens (including phenoxy) is 1. The van der Waals surface area contributed by atoms with Crippen LogP contribution in [0.4, 0.5) is 0 Å². The highest BCUT2D eigenvalue weighted by Crippen LogP contribution is 2.21. The molecule has 1 heterocycles. The normalized spacial score (nSPS) is 16.9. The first-order valence-electron chi connectivity index (χ1n) is 6.52. The van der Waals surface area contributed by atoms with Crippen molar-refractivity contribution in [2.45, 2.75) is 32.1 Å². The Morgan fingerprint density at radius 3 is 2.59 bits per heavy atom. The fourth-order valence-electron chi connectivity index (χ4n) is 2.35. The summed E-state index contributed by atoms with van der Waals surface area (Å²) in [6.45, 7) is 1.80. The summed E-state index contributed by atoms with van der Waals surface area (Å²) in [4.78, 5) is 11.9. The van der Waals surface area contributed by atoms with Gasteiger partial charge in [0.2, 0.25) is 0 Å². The molecule has 0 atom stereocenters. The lowest BCUT2D eigenvalue weighted by molar-refractivity contribution is 0.0629. The molecule has 92 valence electrons. The number of carbonyl (C=O) groups excluding carboxylic acids is 1. The van der Waals surface area contributed by atoms with E-state index in [4.69, 9.17) is 4.74 Å². The summed E-state index contributed by atoms with van der Waals surface area (Å²) in [5, 5.41) is 0. The molecule has 1 aliphatic rings. The third-order valence-electron chi connectivity index (χ3n) is 3.45. The molecular weight excluding hydrogens is 212 g/mol. The zero-order valence-corrected chi connectivity index (χ0v) is 10.2. The molecule has 0 saturated carbocycles. The predicted octanol–water partition coefficient (Wildman–Crippen LogP) is 3.47. The molecule has 2 rings (SSSR count). The molecule has 17 heavy (non-hydrogen) atoms. The number of Topliss-reactive ketones (excluding diaryl/α,β-unsaturated/α-hetero) is 1. The molecule has 1 aromatic carbocycles. The molecular formula is C15H20O2. The summed E-state index contributed by atoms with van der Waals surface area (Å²) < 4.78 is 5.33. The molecule has 1 fully saturated rings. The van der Waals surface area contributed by atoms with Gasteiger partial charge in [-0.05, 0) is 31.6 Å². The van der Waals surface area contributed by atoms with E-state index in [-0.39, 0.29) is 5.78 Å². The summed E-state index contributed by atoms with van der Waals surface area (Å²) in [5.41, 5.74) is 0.847. The lowest BCUT2D eigenvalue weighted by atomic mass is 9.93. The molecule has 0 aromatic heterocycles. The second-order valence-corrected chi connectivity index (χ2v) is 4.74. The molecule has 0 radical (unpaired) electrons. The molecule has 0 N–H and O–H groups in total. The topological polar surface area (TPSA) is 26.3 Å². The van der Waals surface area contributed by atoms with Gasteiger partial charge in [0, 0.05) is 25.2 Å². The van der Waals surface area contributed by atoms with E-state index in [1.54, 1.807) is 0 Å². The zero-order chi connectivity index (χ0) is 11.9. The van der Waals surface area contributed by atoms with Crippen molar-refractivity contribution in [1.29, 1.82) is 0 Å².